The summed E-state index contributed by atoms with van der Waals surface area (Å²) in [6.45, 7) is 5.88. The minimum atomic E-state index is -0.689. The minimum absolute atomic E-state index is 0.00301. The molecule has 4 unspecified atom stereocenters. The van der Waals surface area contributed by atoms with E-state index < -0.39 is 22.6 Å². The molecule has 0 aromatic rings. The molecule has 158 valence electrons. The quantitative estimate of drug-likeness (QED) is 0.405. The van der Waals surface area contributed by atoms with E-state index in [1.807, 2.05) is 6.92 Å². The van der Waals surface area contributed by atoms with Crippen LogP contribution in [0.15, 0.2) is 0 Å². The molecule has 1 spiro atoms. The van der Waals surface area contributed by atoms with Crippen LogP contribution >= 0.6 is 27.7 Å². The third-order valence-corrected chi connectivity index (χ3v) is 9.27. The van der Waals surface area contributed by atoms with E-state index >= 15 is 0 Å². The molecule has 3 heterocycles. The lowest BCUT2D eigenvalue weighted by molar-refractivity contribution is -0.153. The van der Waals surface area contributed by atoms with Crippen LogP contribution in [0.2, 0.25) is 0 Å². The van der Waals surface area contributed by atoms with Gasteiger partial charge in [0.05, 0.1) is 29.8 Å². The van der Waals surface area contributed by atoms with Crippen molar-refractivity contribution in [3.63, 3.8) is 0 Å². The van der Waals surface area contributed by atoms with Gasteiger partial charge in [-0.3, -0.25) is 14.4 Å². The van der Waals surface area contributed by atoms with Crippen LogP contribution in [-0.4, -0.2) is 74.5 Å². The fourth-order valence-electron chi connectivity index (χ4n) is 5.11. The molecule has 9 heteroatoms. The van der Waals surface area contributed by atoms with Gasteiger partial charge in [0.15, 0.2) is 0 Å². The summed E-state index contributed by atoms with van der Waals surface area (Å²) in [7, 11) is 0. The highest BCUT2D eigenvalue weighted by atomic mass is 79.9. The van der Waals surface area contributed by atoms with Gasteiger partial charge in [-0.1, -0.05) is 29.3 Å². The maximum absolute atomic E-state index is 13.3. The topological polar surface area (TPSA) is 95.9 Å². The maximum Gasteiger partial charge on any atom is 0.310 e. The van der Waals surface area contributed by atoms with Gasteiger partial charge in [0, 0.05) is 22.7 Å². The predicted octanol–water partition coefficient (Wildman–Crippen LogP) is 1.31. The van der Waals surface area contributed by atoms with Crippen LogP contribution in [0.3, 0.4) is 0 Å². The number of carbonyl (C=O) groups excluding carboxylic acids is 3. The van der Waals surface area contributed by atoms with Gasteiger partial charge in [-0.15, -0.1) is 11.8 Å². The van der Waals surface area contributed by atoms with E-state index in [-0.39, 0.29) is 53.7 Å². The number of β-amino-alcohol motifs (C(OH)–C–C–N with tert-alkyl or cyclic N) is 1. The van der Waals surface area contributed by atoms with Gasteiger partial charge in [-0.25, -0.2) is 0 Å². The Kier molecular flexibility index (Phi) is 6.66. The lowest BCUT2D eigenvalue weighted by Crippen LogP contribution is -2.56. The number of hydrogen-bond acceptors (Lipinski definition) is 6. The number of ether oxygens (including phenoxy) is 1. The summed E-state index contributed by atoms with van der Waals surface area (Å²) in [5.41, 5.74) is 0. The first-order chi connectivity index (χ1) is 13.3. The molecular weight excluding hydrogens is 448 g/mol. The molecule has 2 bridgehead atoms. The number of nitrogens with one attached hydrogen (secondary N) is 1. The number of halogens is 1. The number of nitrogens with zero attached hydrogens (tertiary/aromatic N) is 1. The second-order valence-corrected chi connectivity index (χ2v) is 10.6. The SMILES string of the molecule is CCCC(C)NC(=O)C1N(CCO)C(=O)[C@@H]2[C@@H](C(=O)OCC)[C@@H]3SC12CC3Br. The van der Waals surface area contributed by atoms with Crippen LogP contribution in [-0.2, 0) is 19.1 Å². The zero-order chi connectivity index (χ0) is 20.6. The molecule has 3 saturated heterocycles. The van der Waals surface area contributed by atoms with Crippen LogP contribution in [0.4, 0.5) is 0 Å². The number of rotatable bonds is 8. The van der Waals surface area contributed by atoms with Gasteiger partial charge in [0.2, 0.25) is 11.8 Å². The van der Waals surface area contributed by atoms with Crippen LogP contribution in [0.25, 0.3) is 0 Å². The number of amides is 2. The highest BCUT2D eigenvalue weighted by molar-refractivity contribution is 9.09. The number of aliphatic hydroxyl groups is 1. The Labute approximate surface area is 178 Å². The molecular formula is C19H29BrN2O5S. The minimum Gasteiger partial charge on any atom is -0.466 e. The van der Waals surface area contributed by atoms with E-state index in [0.717, 1.165) is 12.8 Å². The smallest absolute Gasteiger partial charge is 0.310 e. The lowest BCUT2D eigenvalue weighted by atomic mass is 9.71. The average Bonchev–Trinajstić information content (AvgIpc) is 3.20. The van der Waals surface area contributed by atoms with E-state index in [4.69, 9.17) is 4.74 Å². The van der Waals surface area contributed by atoms with Crippen molar-refractivity contribution in [1.29, 1.82) is 0 Å². The molecule has 3 aliphatic heterocycles. The number of thioether (sulfide) groups is 1. The fraction of sp³-hybridized carbons (Fsp3) is 0.842. The third kappa shape index (κ3) is 3.37. The molecule has 0 saturated carbocycles. The first-order valence-electron chi connectivity index (χ1n) is 10.0. The standard InChI is InChI=1S/C19H29BrN2O5S/c1-4-6-10(3)21-16(24)15-19-9-11(20)14(28-19)12(18(26)27-5-2)13(19)17(25)22(15)7-8-23/h10-15,23H,4-9H2,1-3H3,(H,21,24)/t10?,11?,12-,13+,14-,15?,19?/m1/s1. The number of aliphatic hydroxyl groups excluding tert-OH is 1. The van der Waals surface area contributed by atoms with Crippen LogP contribution in [0, 0.1) is 11.8 Å². The van der Waals surface area contributed by atoms with E-state index in [1.165, 1.54) is 4.90 Å². The Morgan fingerprint density at radius 3 is 2.79 bits per heavy atom. The Balaban J connectivity index is 1.96. The van der Waals surface area contributed by atoms with Crippen molar-refractivity contribution in [2.75, 3.05) is 19.8 Å². The summed E-state index contributed by atoms with van der Waals surface area (Å²) in [4.78, 5) is 40.8. The number of alkyl halides is 1. The lowest BCUT2D eigenvalue weighted by Gasteiger charge is -2.35. The number of hydrogen-bond donors (Lipinski definition) is 2. The molecule has 0 aromatic carbocycles. The Bertz CT molecular complexity index is 650. The molecule has 3 fully saturated rings. The van der Waals surface area contributed by atoms with Crippen molar-refractivity contribution >= 4 is 45.5 Å². The van der Waals surface area contributed by atoms with Gasteiger partial charge < -0.3 is 20.1 Å². The largest absolute Gasteiger partial charge is 0.466 e. The highest BCUT2D eigenvalue weighted by Gasteiger charge is 2.75. The van der Waals surface area contributed by atoms with Gasteiger partial charge in [0.1, 0.15) is 6.04 Å². The number of likely N-dealkylation sites (tertiary alicyclic amines) is 1. The van der Waals surface area contributed by atoms with Crippen molar-refractivity contribution < 1.29 is 24.2 Å². The summed E-state index contributed by atoms with van der Waals surface area (Å²) in [5, 5.41) is 12.5. The molecule has 0 radical (unpaired) electrons. The molecule has 7 nitrogen and oxygen atoms in total. The molecule has 2 amide bonds. The molecule has 3 aliphatic rings. The van der Waals surface area contributed by atoms with Crippen LogP contribution in [0.1, 0.15) is 40.0 Å². The van der Waals surface area contributed by atoms with Crippen LogP contribution in [0.5, 0.6) is 0 Å². The molecule has 28 heavy (non-hydrogen) atoms. The highest BCUT2D eigenvalue weighted by Crippen LogP contribution is 2.67. The Morgan fingerprint density at radius 2 is 2.18 bits per heavy atom. The number of esters is 1. The maximum atomic E-state index is 13.3. The summed E-state index contributed by atoms with van der Waals surface area (Å²) in [6, 6.07) is -0.686. The van der Waals surface area contributed by atoms with Crippen molar-refractivity contribution in [1.82, 2.24) is 10.2 Å². The van der Waals surface area contributed by atoms with Crippen molar-refractivity contribution in [3.05, 3.63) is 0 Å². The van der Waals surface area contributed by atoms with Crippen molar-refractivity contribution in [3.8, 4) is 0 Å². The molecule has 2 N–H and O–H groups in total. The predicted molar refractivity (Wildman–Crippen MR) is 110 cm³/mol. The first kappa shape index (κ1) is 21.9. The van der Waals surface area contributed by atoms with Crippen molar-refractivity contribution in [2.24, 2.45) is 11.8 Å². The van der Waals surface area contributed by atoms with Gasteiger partial charge >= 0.3 is 5.97 Å². The first-order valence-corrected chi connectivity index (χ1v) is 11.8. The summed E-state index contributed by atoms with van der Waals surface area (Å²) >= 11 is 5.26. The average molecular weight is 477 g/mol. The molecule has 0 aromatic heterocycles. The molecule has 3 rings (SSSR count). The molecule has 7 atom stereocenters. The summed E-state index contributed by atoms with van der Waals surface area (Å²) in [6.07, 6.45) is 2.44. The summed E-state index contributed by atoms with van der Waals surface area (Å²) < 4.78 is 4.61. The van der Waals surface area contributed by atoms with Crippen LogP contribution < -0.4 is 5.32 Å². The second kappa shape index (κ2) is 8.52. The summed E-state index contributed by atoms with van der Waals surface area (Å²) in [5.74, 6) is -1.93. The van der Waals surface area contributed by atoms with Gasteiger partial charge in [-0.2, -0.15) is 0 Å². The molecule has 0 aliphatic carbocycles. The van der Waals surface area contributed by atoms with E-state index in [1.54, 1.807) is 18.7 Å². The number of carbonyl (C=O) groups is 3. The number of fused-ring (bicyclic) bond motifs is 1. The Hall–Kier alpha value is -0.800. The van der Waals surface area contributed by atoms with Crippen molar-refractivity contribution in [2.45, 2.75) is 66.9 Å². The fourth-order valence-corrected chi connectivity index (χ4v) is 8.71. The van der Waals surface area contributed by atoms with E-state index in [2.05, 4.69) is 28.2 Å². The van der Waals surface area contributed by atoms with Gasteiger partial charge in [-0.05, 0) is 26.7 Å². The Morgan fingerprint density at radius 1 is 1.46 bits per heavy atom. The zero-order valence-corrected chi connectivity index (χ0v) is 18.9. The third-order valence-electron chi connectivity index (χ3n) is 6.05. The monoisotopic (exact) mass is 476 g/mol. The second-order valence-electron chi connectivity index (χ2n) is 7.87. The van der Waals surface area contributed by atoms with Gasteiger partial charge in [0.25, 0.3) is 0 Å². The zero-order valence-electron chi connectivity index (χ0n) is 16.5. The normalized spacial score (nSPS) is 37.1. The van der Waals surface area contributed by atoms with E-state index in [0.29, 0.717) is 6.42 Å². The van der Waals surface area contributed by atoms with E-state index in [9.17, 15) is 19.5 Å².